The summed E-state index contributed by atoms with van der Waals surface area (Å²) in [5, 5.41) is 16.1. The van der Waals surface area contributed by atoms with Crippen molar-refractivity contribution in [2.75, 3.05) is 0 Å². The molecule has 0 unspecified atom stereocenters. The fourth-order valence-electron chi connectivity index (χ4n) is 2.22. The fourth-order valence-corrected chi connectivity index (χ4v) is 2.48. The van der Waals surface area contributed by atoms with Crippen LogP contribution < -0.4 is 0 Å². The molecule has 25 heavy (non-hydrogen) atoms. The normalized spacial score (nSPS) is 11.0. The molecule has 2 aromatic heterocycles. The van der Waals surface area contributed by atoms with Crippen molar-refractivity contribution in [3.8, 4) is 22.8 Å². The lowest BCUT2D eigenvalue weighted by Gasteiger charge is -1.95. The van der Waals surface area contributed by atoms with Crippen molar-refractivity contribution in [2.24, 2.45) is 0 Å². The van der Waals surface area contributed by atoms with E-state index in [2.05, 4.69) is 41.5 Å². The summed E-state index contributed by atoms with van der Waals surface area (Å²) in [5.74, 6) is 0.520. The van der Waals surface area contributed by atoms with Gasteiger partial charge < -0.3 is 4.52 Å². The number of hydrogen-bond donors (Lipinski definition) is 0. The van der Waals surface area contributed by atoms with Gasteiger partial charge in [0.05, 0.1) is 5.56 Å². The lowest BCUT2D eigenvalue weighted by Crippen LogP contribution is -2.04. The number of aromatic nitrogens is 6. The van der Waals surface area contributed by atoms with Gasteiger partial charge in [0.2, 0.25) is 11.6 Å². The van der Waals surface area contributed by atoms with Crippen LogP contribution in [0.1, 0.15) is 5.89 Å². The van der Waals surface area contributed by atoms with E-state index in [1.807, 2.05) is 24.3 Å². The zero-order valence-corrected chi connectivity index (χ0v) is 14.3. The molecule has 2 aromatic carbocycles. The predicted octanol–water partition coefficient (Wildman–Crippen LogP) is 3.34. The van der Waals surface area contributed by atoms with Crippen molar-refractivity contribution < 1.29 is 8.91 Å². The number of halogens is 2. The van der Waals surface area contributed by atoms with Crippen LogP contribution in [0.4, 0.5) is 4.39 Å². The van der Waals surface area contributed by atoms with Crippen LogP contribution in [0.5, 0.6) is 0 Å². The zero-order chi connectivity index (χ0) is 17.2. The Hall–Kier alpha value is -2.94. The van der Waals surface area contributed by atoms with Crippen molar-refractivity contribution in [3.05, 3.63) is 64.7 Å². The van der Waals surface area contributed by atoms with E-state index in [9.17, 15) is 4.39 Å². The second-order valence-electron chi connectivity index (χ2n) is 5.14. The van der Waals surface area contributed by atoms with E-state index in [1.54, 1.807) is 18.2 Å². The van der Waals surface area contributed by atoms with Crippen molar-refractivity contribution in [3.63, 3.8) is 0 Å². The number of nitrogens with zero attached hydrogens (tertiary/aromatic N) is 6. The second-order valence-corrected chi connectivity index (χ2v) is 6.06. The van der Waals surface area contributed by atoms with Crippen LogP contribution >= 0.6 is 15.9 Å². The number of benzene rings is 2. The van der Waals surface area contributed by atoms with Gasteiger partial charge in [-0.25, -0.2) is 4.39 Å². The van der Waals surface area contributed by atoms with Crippen LogP contribution in [0.2, 0.25) is 0 Å². The van der Waals surface area contributed by atoms with Crippen LogP contribution in [-0.2, 0) is 6.54 Å². The molecule has 124 valence electrons. The Morgan fingerprint density at radius 3 is 2.64 bits per heavy atom. The maximum absolute atomic E-state index is 13.8. The first kappa shape index (κ1) is 15.6. The Kier molecular flexibility index (Phi) is 4.06. The average molecular weight is 401 g/mol. The largest absolute Gasteiger partial charge is 0.337 e. The summed E-state index contributed by atoms with van der Waals surface area (Å²) >= 11 is 3.38. The summed E-state index contributed by atoms with van der Waals surface area (Å²) in [4.78, 5) is 5.52. The monoisotopic (exact) mass is 400 g/mol. The van der Waals surface area contributed by atoms with Gasteiger partial charge in [0, 0.05) is 10.0 Å². The minimum Gasteiger partial charge on any atom is -0.337 e. The number of tetrazole rings is 1. The van der Waals surface area contributed by atoms with E-state index in [-0.39, 0.29) is 23.8 Å². The Morgan fingerprint density at radius 1 is 1.04 bits per heavy atom. The highest BCUT2D eigenvalue weighted by Gasteiger charge is 2.14. The summed E-state index contributed by atoms with van der Waals surface area (Å²) in [7, 11) is 0. The van der Waals surface area contributed by atoms with E-state index < -0.39 is 5.82 Å². The topological polar surface area (TPSA) is 82.5 Å². The molecular formula is C16H10BrFN6O. The van der Waals surface area contributed by atoms with Crippen LogP contribution in [-0.4, -0.2) is 30.3 Å². The molecule has 0 amide bonds. The average Bonchev–Trinajstić information content (AvgIpc) is 3.26. The Morgan fingerprint density at radius 2 is 1.84 bits per heavy atom. The number of hydrogen-bond acceptors (Lipinski definition) is 6. The Bertz CT molecular complexity index is 1010. The van der Waals surface area contributed by atoms with E-state index in [4.69, 9.17) is 4.52 Å². The zero-order valence-electron chi connectivity index (χ0n) is 12.7. The van der Waals surface area contributed by atoms with Crippen LogP contribution in [0, 0.1) is 5.82 Å². The first-order chi connectivity index (χ1) is 12.2. The van der Waals surface area contributed by atoms with Gasteiger partial charge in [-0.15, -0.1) is 10.2 Å². The minimum absolute atomic E-state index is 0.144. The summed E-state index contributed by atoms with van der Waals surface area (Å²) in [5.41, 5.74) is 1.12. The maximum Gasteiger partial charge on any atom is 0.250 e. The number of rotatable bonds is 4. The van der Waals surface area contributed by atoms with E-state index in [0.29, 0.717) is 5.82 Å². The highest BCUT2D eigenvalue weighted by molar-refractivity contribution is 9.10. The van der Waals surface area contributed by atoms with Gasteiger partial charge in [-0.05, 0) is 41.6 Å². The van der Waals surface area contributed by atoms with Crippen LogP contribution in [0.25, 0.3) is 22.8 Å². The third kappa shape index (κ3) is 3.31. The summed E-state index contributed by atoms with van der Waals surface area (Å²) < 4.78 is 19.9. The molecular weight excluding hydrogens is 391 g/mol. The molecule has 0 N–H and O–H groups in total. The quantitative estimate of drug-likeness (QED) is 0.522. The molecule has 2 heterocycles. The standard InChI is InChI=1S/C16H10BrFN6O/c17-11-7-5-10(6-8-11)15-20-23-24(21-15)9-14-19-16(22-25-14)12-3-1-2-4-13(12)18/h1-8H,9H2. The molecule has 0 spiro atoms. The molecule has 0 fully saturated rings. The molecule has 0 atom stereocenters. The van der Waals surface area contributed by atoms with E-state index in [0.717, 1.165) is 10.0 Å². The highest BCUT2D eigenvalue weighted by atomic mass is 79.9. The van der Waals surface area contributed by atoms with Gasteiger partial charge in [-0.3, -0.25) is 0 Å². The molecule has 9 heteroatoms. The van der Waals surface area contributed by atoms with Crippen LogP contribution in [0.15, 0.2) is 57.5 Å². The lowest BCUT2D eigenvalue weighted by molar-refractivity contribution is 0.356. The molecule has 4 aromatic rings. The third-order valence-electron chi connectivity index (χ3n) is 3.41. The second kappa shape index (κ2) is 6.52. The van der Waals surface area contributed by atoms with Crippen LogP contribution in [0.3, 0.4) is 0 Å². The molecule has 7 nitrogen and oxygen atoms in total. The van der Waals surface area contributed by atoms with Crippen molar-refractivity contribution in [1.82, 2.24) is 30.3 Å². The molecule has 0 aliphatic heterocycles. The molecule has 0 aliphatic rings. The lowest BCUT2D eigenvalue weighted by atomic mass is 10.2. The van der Waals surface area contributed by atoms with Gasteiger partial charge in [-0.2, -0.15) is 9.78 Å². The molecule has 4 rings (SSSR count). The molecule has 0 radical (unpaired) electrons. The first-order valence-electron chi connectivity index (χ1n) is 7.30. The van der Waals surface area contributed by atoms with E-state index >= 15 is 0 Å². The minimum atomic E-state index is -0.411. The predicted molar refractivity (Wildman–Crippen MR) is 89.7 cm³/mol. The van der Waals surface area contributed by atoms with Crippen molar-refractivity contribution in [2.45, 2.75) is 6.54 Å². The van der Waals surface area contributed by atoms with E-state index in [1.165, 1.54) is 10.9 Å². The summed E-state index contributed by atoms with van der Waals surface area (Å²) in [6.07, 6.45) is 0. The maximum atomic E-state index is 13.8. The van der Waals surface area contributed by atoms with Crippen molar-refractivity contribution in [1.29, 1.82) is 0 Å². The van der Waals surface area contributed by atoms with Gasteiger partial charge in [0.25, 0.3) is 5.89 Å². The van der Waals surface area contributed by atoms with Gasteiger partial charge in [0.15, 0.2) is 0 Å². The molecule has 0 saturated heterocycles. The SMILES string of the molecule is Fc1ccccc1-c1noc(Cn2nnc(-c3ccc(Br)cc3)n2)n1. The highest BCUT2D eigenvalue weighted by Crippen LogP contribution is 2.20. The third-order valence-corrected chi connectivity index (χ3v) is 3.94. The first-order valence-corrected chi connectivity index (χ1v) is 8.09. The Labute approximate surface area is 149 Å². The van der Waals surface area contributed by atoms with Crippen molar-refractivity contribution >= 4 is 15.9 Å². The summed E-state index contributed by atoms with van der Waals surface area (Å²) in [6, 6.07) is 13.8. The van der Waals surface area contributed by atoms with Gasteiger partial charge >= 0.3 is 0 Å². The van der Waals surface area contributed by atoms with Gasteiger partial charge in [0.1, 0.15) is 12.4 Å². The van der Waals surface area contributed by atoms with Gasteiger partial charge in [-0.1, -0.05) is 33.2 Å². The smallest absolute Gasteiger partial charge is 0.250 e. The molecule has 0 aliphatic carbocycles. The fraction of sp³-hybridized carbons (Fsp3) is 0.0625. The summed E-state index contributed by atoms with van der Waals surface area (Å²) in [6.45, 7) is 0.144. The molecule has 0 bridgehead atoms. The Balaban J connectivity index is 1.54. The molecule has 0 saturated carbocycles.